The van der Waals surface area contributed by atoms with E-state index in [1.165, 1.54) is 0 Å². The van der Waals surface area contributed by atoms with Crippen molar-refractivity contribution in [3.05, 3.63) is 96.6 Å². The Labute approximate surface area is 148 Å². The number of ether oxygens (including phenoxy) is 1. The molecule has 126 valence electrons. The van der Waals surface area contributed by atoms with Gasteiger partial charge in [0.2, 0.25) is 0 Å². The summed E-state index contributed by atoms with van der Waals surface area (Å²) in [6, 6.07) is 30.0. The maximum Gasteiger partial charge on any atom is 0.149 e. The number of hydrogen-bond acceptors (Lipinski definition) is 2. The zero-order valence-corrected chi connectivity index (χ0v) is 14.9. The van der Waals surface area contributed by atoms with Crippen LogP contribution in [0.15, 0.2) is 91.0 Å². The molecule has 1 aliphatic heterocycles. The van der Waals surface area contributed by atoms with Crippen LogP contribution in [0.3, 0.4) is 0 Å². The van der Waals surface area contributed by atoms with Crippen LogP contribution in [0.25, 0.3) is 0 Å². The highest BCUT2D eigenvalue weighted by atomic mass is 31.2. The highest BCUT2D eigenvalue weighted by Gasteiger charge is 2.45. The van der Waals surface area contributed by atoms with Crippen molar-refractivity contribution in [1.82, 2.24) is 0 Å². The second-order valence-corrected chi connectivity index (χ2v) is 9.40. The van der Waals surface area contributed by atoms with Crippen LogP contribution in [0.5, 0.6) is 0 Å². The number of rotatable bonds is 4. The fourth-order valence-electron chi connectivity index (χ4n) is 3.74. The van der Waals surface area contributed by atoms with Gasteiger partial charge in [-0.15, -0.1) is 0 Å². The Bertz CT molecular complexity index is 819. The molecule has 1 aliphatic rings. The van der Waals surface area contributed by atoms with Crippen LogP contribution in [-0.2, 0) is 9.30 Å². The summed E-state index contributed by atoms with van der Waals surface area (Å²) in [7, 11) is -2.82. The van der Waals surface area contributed by atoms with Crippen LogP contribution >= 0.6 is 7.14 Å². The van der Waals surface area contributed by atoms with Crippen LogP contribution in [0.2, 0.25) is 0 Å². The van der Waals surface area contributed by atoms with Crippen LogP contribution in [0.1, 0.15) is 18.1 Å². The van der Waals surface area contributed by atoms with E-state index in [0.29, 0.717) is 6.61 Å². The molecule has 0 amide bonds. The van der Waals surface area contributed by atoms with Gasteiger partial charge in [-0.3, -0.25) is 0 Å². The van der Waals surface area contributed by atoms with Gasteiger partial charge in [-0.25, -0.2) is 0 Å². The molecule has 0 saturated carbocycles. The minimum absolute atomic E-state index is 0.0419. The molecular weight excluding hydrogens is 327 g/mol. The molecule has 2 atom stereocenters. The molecule has 0 aliphatic carbocycles. The second kappa shape index (κ2) is 7.00. The van der Waals surface area contributed by atoms with E-state index in [0.717, 1.165) is 22.6 Å². The van der Waals surface area contributed by atoms with Gasteiger partial charge in [0.1, 0.15) is 7.14 Å². The molecular formula is C22H21O2P. The molecule has 3 aromatic carbocycles. The Hall–Kier alpha value is -2.15. The molecule has 2 unspecified atom stereocenters. The topological polar surface area (TPSA) is 26.3 Å². The highest BCUT2D eigenvalue weighted by Crippen LogP contribution is 2.57. The normalized spacial score (nSPS) is 20.5. The van der Waals surface area contributed by atoms with Gasteiger partial charge in [-0.1, -0.05) is 91.0 Å². The molecule has 25 heavy (non-hydrogen) atoms. The summed E-state index contributed by atoms with van der Waals surface area (Å²) in [5.74, 6) is 0. The number of benzene rings is 3. The first kappa shape index (κ1) is 16.3. The molecule has 0 N–H and O–H groups in total. The smallest absolute Gasteiger partial charge is 0.149 e. The maximum absolute atomic E-state index is 14.5. The molecule has 3 aromatic rings. The van der Waals surface area contributed by atoms with Gasteiger partial charge in [0.25, 0.3) is 0 Å². The summed E-state index contributed by atoms with van der Waals surface area (Å²) in [5.41, 5.74) is 1.07. The lowest BCUT2D eigenvalue weighted by Crippen LogP contribution is -2.28. The average molecular weight is 348 g/mol. The fraction of sp³-hybridized carbons (Fsp3) is 0.182. The van der Waals surface area contributed by atoms with Crippen LogP contribution in [0, 0.1) is 0 Å². The molecule has 2 nitrogen and oxygen atoms in total. The minimum Gasteiger partial charge on any atom is -0.373 e. The molecule has 0 bridgehead atoms. The van der Waals surface area contributed by atoms with Gasteiger partial charge >= 0.3 is 0 Å². The highest BCUT2D eigenvalue weighted by molar-refractivity contribution is 7.79. The third kappa shape index (κ3) is 2.97. The molecule has 0 spiro atoms. The van der Waals surface area contributed by atoms with Gasteiger partial charge in [-0.2, -0.15) is 0 Å². The summed E-state index contributed by atoms with van der Waals surface area (Å²) >= 11 is 0. The molecule has 1 heterocycles. The molecule has 0 radical (unpaired) electrons. The Morgan fingerprint density at radius 3 is 1.72 bits per heavy atom. The lowest BCUT2D eigenvalue weighted by atomic mass is 10.1. The lowest BCUT2D eigenvalue weighted by molar-refractivity contribution is 0.113. The van der Waals surface area contributed by atoms with Crippen LogP contribution in [-0.4, -0.2) is 12.3 Å². The molecule has 4 rings (SSSR count). The molecule has 0 aromatic heterocycles. The Balaban J connectivity index is 1.85. The SMILES string of the molecule is O=P(c1ccccc1)(c1ccccc1)C1CCOC1c1ccccc1. The predicted molar refractivity (Wildman–Crippen MR) is 103 cm³/mol. The first-order valence-electron chi connectivity index (χ1n) is 8.67. The summed E-state index contributed by atoms with van der Waals surface area (Å²) in [5, 5.41) is 1.83. The van der Waals surface area contributed by atoms with E-state index >= 15 is 0 Å². The first-order chi connectivity index (χ1) is 12.3. The molecule has 3 heteroatoms. The van der Waals surface area contributed by atoms with Crippen molar-refractivity contribution in [1.29, 1.82) is 0 Å². The summed E-state index contributed by atoms with van der Waals surface area (Å²) in [6.45, 7) is 0.647. The third-order valence-corrected chi connectivity index (χ3v) is 8.53. The summed E-state index contributed by atoms with van der Waals surface area (Å²) in [4.78, 5) is 0. The van der Waals surface area contributed by atoms with Crippen LogP contribution < -0.4 is 10.6 Å². The monoisotopic (exact) mass is 348 g/mol. The predicted octanol–water partition coefficient (Wildman–Crippen LogP) is 4.53. The summed E-state index contributed by atoms with van der Waals surface area (Å²) < 4.78 is 20.6. The van der Waals surface area contributed by atoms with Crippen molar-refractivity contribution in [2.45, 2.75) is 18.2 Å². The Morgan fingerprint density at radius 1 is 0.720 bits per heavy atom. The van der Waals surface area contributed by atoms with Gasteiger partial charge in [-0.05, 0) is 12.0 Å². The number of hydrogen-bond donors (Lipinski definition) is 0. The van der Waals surface area contributed by atoms with Gasteiger partial charge in [0.15, 0.2) is 0 Å². The Morgan fingerprint density at radius 2 is 1.20 bits per heavy atom. The van der Waals surface area contributed by atoms with Crippen molar-refractivity contribution in [3.63, 3.8) is 0 Å². The standard InChI is InChI=1S/C22H21O2P/c23-25(19-12-6-2-7-13-19,20-14-8-3-9-15-20)21-16-17-24-22(21)18-10-4-1-5-11-18/h1-15,21-22H,16-17H2. The van der Waals surface area contributed by atoms with E-state index in [-0.39, 0.29) is 11.8 Å². The lowest BCUT2D eigenvalue weighted by Gasteiger charge is -2.29. The van der Waals surface area contributed by atoms with Crippen molar-refractivity contribution in [2.24, 2.45) is 0 Å². The van der Waals surface area contributed by atoms with E-state index in [4.69, 9.17) is 4.74 Å². The van der Waals surface area contributed by atoms with Crippen LogP contribution in [0.4, 0.5) is 0 Å². The maximum atomic E-state index is 14.5. The van der Waals surface area contributed by atoms with Gasteiger partial charge in [0, 0.05) is 17.2 Å². The third-order valence-electron chi connectivity index (χ3n) is 4.94. The molecule has 1 saturated heterocycles. The fourth-order valence-corrected chi connectivity index (χ4v) is 7.15. The molecule has 1 fully saturated rings. The van der Waals surface area contributed by atoms with E-state index in [9.17, 15) is 4.57 Å². The van der Waals surface area contributed by atoms with Gasteiger partial charge < -0.3 is 9.30 Å². The van der Waals surface area contributed by atoms with E-state index in [2.05, 4.69) is 12.1 Å². The van der Waals surface area contributed by atoms with E-state index < -0.39 is 7.14 Å². The quantitative estimate of drug-likeness (QED) is 0.648. The van der Waals surface area contributed by atoms with Crippen molar-refractivity contribution in [3.8, 4) is 0 Å². The first-order valence-corrected chi connectivity index (χ1v) is 10.5. The summed E-state index contributed by atoms with van der Waals surface area (Å²) in [6.07, 6.45) is 0.674. The largest absolute Gasteiger partial charge is 0.373 e. The zero-order valence-electron chi connectivity index (χ0n) is 14.0. The van der Waals surface area contributed by atoms with Crippen molar-refractivity contribution < 1.29 is 9.30 Å². The Kier molecular flexibility index (Phi) is 4.57. The van der Waals surface area contributed by atoms with Crippen molar-refractivity contribution in [2.75, 3.05) is 6.61 Å². The zero-order chi connectivity index (χ0) is 17.1. The van der Waals surface area contributed by atoms with Gasteiger partial charge in [0.05, 0.1) is 11.8 Å². The van der Waals surface area contributed by atoms with E-state index in [1.807, 2.05) is 78.9 Å². The second-order valence-electron chi connectivity index (χ2n) is 6.39. The average Bonchev–Trinajstić information content (AvgIpc) is 3.20. The van der Waals surface area contributed by atoms with Crippen molar-refractivity contribution >= 4 is 17.8 Å². The minimum atomic E-state index is -2.82. The van der Waals surface area contributed by atoms with E-state index in [1.54, 1.807) is 0 Å².